The number of carbonyl (C=O) groups is 1. The van der Waals surface area contributed by atoms with Crippen LogP contribution in [0.15, 0.2) is 52.6 Å². The van der Waals surface area contributed by atoms with Crippen molar-refractivity contribution in [1.29, 1.82) is 5.26 Å². The largest absolute Gasteiger partial charge is 0.465 e. The van der Waals surface area contributed by atoms with Gasteiger partial charge in [0.15, 0.2) is 0 Å². The van der Waals surface area contributed by atoms with Crippen LogP contribution in [0.4, 0.5) is 5.69 Å². The predicted octanol–water partition coefficient (Wildman–Crippen LogP) is 4.59. The molecule has 1 heterocycles. The van der Waals surface area contributed by atoms with Crippen molar-refractivity contribution in [3.05, 3.63) is 65.3 Å². The minimum Gasteiger partial charge on any atom is -0.465 e. The van der Waals surface area contributed by atoms with E-state index in [0.717, 1.165) is 11.4 Å². The SMILES string of the molecule is Cc1oc(C(C)(C)C)cc1C(=O)C(C#N)=CNc1ccccc1. The number of anilines is 1. The molecule has 118 valence electrons. The highest BCUT2D eigenvalue weighted by atomic mass is 16.3. The number of carbonyl (C=O) groups excluding carboxylic acids is 1. The van der Waals surface area contributed by atoms with Gasteiger partial charge in [0, 0.05) is 17.3 Å². The lowest BCUT2D eigenvalue weighted by Crippen LogP contribution is -2.09. The standard InChI is InChI=1S/C19H20N2O2/c1-13-16(10-17(23-13)19(2,3)4)18(22)14(11-20)12-21-15-8-6-5-7-9-15/h5-10,12,21H,1-4H3. The Bertz CT molecular complexity index is 772. The van der Waals surface area contributed by atoms with Crippen molar-refractivity contribution in [3.63, 3.8) is 0 Å². The average molecular weight is 308 g/mol. The number of nitrogens with zero attached hydrogens (tertiary/aromatic N) is 1. The Morgan fingerprint density at radius 3 is 2.43 bits per heavy atom. The maximum Gasteiger partial charge on any atom is 0.208 e. The fourth-order valence-corrected chi connectivity index (χ4v) is 2.06. The summed E-state index contributed by atoms with van der Waals surface area (Å²) in [5.41, 5.74) is 1.09. The van der Waals surface area contributed by atoms with Crippen molar-refractivity contribution in [1.82, 2.24) is 0 Å². The zero-order chi connectivity index (χ0) is 17.0. The number of aryl methyl sites for hydroxylation is 1. The number of para-hydroxylation sites is 1. The molecule has 1 aromatic carbocycles. The van der Waals surface area contributed by atoms with E-state index >= 15 is 0 Å². The normalized spacial score (nSPS) is 11.9. The van der Waals surface area contributed by atoms with E-state index in [1.165, 1.54) is 6.20 Å². The zero-order valence-corrected chi connectivity index (χ0v) is 13.8. The number of hydrogen-bond acceptors (Lipinski definition) is 4. The molecule has 0 saturated heterocycles. The quantitative estimate of drug-likeness (QED) is 0.510. The molecule has 0 aliphatic rings. The van der Waals surface area contributed by atoms with Crippen LogP contribution < -0.4 is 5.32 Å². The molecule has 1 aromatic heterocycles. The van der Waals surface area contributed by atoms with Gasteiger partial charge >= 0.3 is 0 Å². The highest BCUT2D eigenvalue weighted by molar-refractivity contribution is 6.12. The van der Waals surface area contributed by atoms with Crippen molar-refractivity contribution >= 4 is 11.5 Å². The van der Waals surface area contributed by atoms with Crippen LogP contribution in [0.2, 0.25) is 0 Å². The average Bonchev–Trinajstić information content (AvgIpc) is 2.91. The number of rotatable bonds is 4. The van der Waals surface area contributed by atoms with E-state index in [-0.39, 0.29) is 16.8 Å². The number of allylic oxidation sites excluding steroid dienone is 1. The number of nitriles is 1. The van der Waals surface area contributed by atoms with Gasteiger partial charge in [0.2, 0.25) is 5.78 Å². The molecule has 0 atom stereocenters. The van der Waals surface area contributed by atoms with E-state index < -0.39 is 0 Å². The van der Waals surface area contributed by atoms with Crippen LogP contribution in [0, 0.1) is 18.3 Å². The van der Waals surface area contributed by atoms with E-state index in [2.05, 4.69) is 5.32 Å². The molecule has 1 N–H and O–H groups in total. The van der Waals surface area contributed by atoms with Crippen LogP contribution in [0.5, 0.6) is 0 Å². The zero-order valence-electron chi connectivity index (χ0n) is 13.8. The number of nitrogens with one attached hydrogen (secondary N) is 1. The molecule has 23 heavy (non-hydrogen) atoms. The molecule has 0 radical (unpaired) electrons. The van der Waals surface area contributed by atoms with Gasteiger partial charge in [-0.2, -0.15) is 5.26 Å². The topological polar surface area (TPSA) is 66.0 Å². The van der Waals surface area contributed by atoms with Gasteiger partial charge in [-0.25, -0.2) is 0 Å². The van der Waals surface area contributed by atoms with E-state index in [4.69, 9.17) is 4.42 Å². The van der Waals surface area contributed by atoms with Gasteiger partial charge in [0.1, 0.15) is 23.2 Å². The van der Waals surface area contributed by atoms with Crippen molar-refractivity contribution in [2.75, 3.05) is 5.32 Å². The molecule has 0 aliphatic carbocycles. The van der Waals surface area contributed by atoms with Crippen molar-refractivity contribution < 1.29 is 9.21 Å². The third-order valence-corrected chi connectivity index (χ3v) is 3.42. The monoisotopic (exact) mass is 308 g/mol. The summed E-state index contributed by atoms with van der Waals surface area (Å²) < 4.78 is 5.68. The van der Waals surface area contributed by atoms with Crippen LogP contribution in [0.1, 0.15) is 42.6 Å². The number of hydrogen-bond donors (Lipinski definition) is 1. The van der Waals surface area contributed by atoms with Crippen LogP contribution in [-0.2, 0) is 5.41 Å². The highest BCUT2D eigenvalue weighted by Crippen LogP contribution is 2.28. The minimum atomic E-state index is -0.340. The smallest absolute Gasteiger partial charge is 0.208 e. The lowest BCUT2D eigenvalue weighted by atomic mass is 9.92. The second-order valence-corrected chi connectivity index (χ2v) is 6.34. The van der Waals surface area contributed by atoms with Crippen molar-refractivity contribution in [2.45, 2.75) is 33.1 Å². The van der Waals surface area contributed by atoms with Crippen LogP contribution in [0.3, 0.4) is 0 Å². The Morgan fingerprint density at radius 1 is 1.26 bits per heavy atom. The van der Waals surface area contributed by atoms with Gasteiger partial charge < -0.3 is 9.73 Å². The van der Waals surface area contributed by atoms with Gasteiger partial charge in [-0.3, -0.25) is 4.79 Å². The van der Waals surface area contributed by atoms with Gasteiger partial charge in [-0.1, -0.05) is 39.0 Å². The Hall–Kier alpha value is -2.80. The lowest BCUT2D eigenvalue weighted by molar-refractivity contribution is 0.103. The summed E-state index contributed by atoms with van der Waals surface area (Å²) in [6.07, 6.45) is 1.43. The highest BCUT2D eigenvalue weighted by Gasteiger charge is 2.24. The summed E-state index contributed by atoms with van der Waals surface area (Å²) in [5.74, 6) is 0.917. The number of ketones is 1. The number of furan rings is 1. The Labute approximate surface area is 136 Å². The third kappa shape index (κ3) is 3.89. The summed E-state index contributed by atoms with van der Waals surface area (Å²) in [6, 6.07) is 13.0. The molecule has 4 heteroatoms. The summed E-state index contributed by atoms with van der Waals surface area (Å²) in [5, 5.41) is 12.3. The second-order valence-electron chi connectivity index (χ2n) is 6.34. The molecule has 0 amide bonds. The third-order valence-electron chi connectivity index (χ3n) is 3.42. The summed E-state index contributed by atoms with van der Waals surface area (Å²) in [4.78, 5) is 12.6. The van der Waals surface area contributed by atoms with Gasteiger partial charge in [0.25, 0.3) is 0 Å². The first-order chi connectivity index (χ1) is 10.8. The molecule has 0 bridgehead atoms. The summed E-state index contributed by atoms with van der Waals surface area (Å²) in [7, 11) is 0. The Balaban J connectivity index is 2.27. The van der Waals surface area contributed by atoms with E-state index in [1.54, 1.807) is 13.0 Å². The summed E-state index contributed by atoms with van der Waals surface area (Å²) in [6.45, 7) is 7.77. The number of benzene rings is 1. The maximum absolute atomic E-state index is 12.6. The summed E-state index contributed by atoms with van der Waals surface area (Å²) >= 11 is 0. The molecule has 0 fully saturated rings. The molecule has 0 saturated carbocycles. The van der Waals surface area contributed by atoms with E-state index in [9.17, 15) is 10.1 Å². The lowest BCUT2D eigenvalue weighted by Gasteiger charge is -2.13. The first kappa shape index (κ1) is 16.6. The van der Waals surface area contributed by atoms with Gasteiger partial charge in [-0.05, 0) is 25.1 Å². The fourth-order valence-electron chi connectivity index (χ4n) is 2.06. The van der Waals surface area contributed by atoms with E-state index in [0.29, 0.717) is 11.3 Å². The maximum atomic E-state index is 12.6. The molecule has 2 aromatic rings. The molecule has 0 spiro atoms. The minimum absolute atomic E-state index is 0.0400. The molecule has 4 nitrogen and oxygen atoms in total. The van der Waals surface area contributed by atoms with E-state index in [1.807, 2.05) is 57.2 Å². The molecular formula is C19H20N2O2. The van der Waals surface area contributed by atoms with Crippen LogP contribution >= 0.6 is 0 Å². The Kier molecular flexibility index (Phi) is 4.71. The van der Waals surface area contributed by atoms with Crippen molar-refractivity contribution in [3.8, 4) is 6.07 Å². The molecular weight excluding hydrogens is 288 g/mol. The van der Waals surface area contributed by atoms with Crippen molar-refractivity contribution in [2.24, 2.45) is 0 Å². The Morgan fingerprint density at radius 2 is 1.91 bits per heavy atom. The molecule has 2 rings (SSSR count). The first-order valence-corrected chi connectivity index (χ1v) is 7.40. The van der Waals surface area contributed by atoms with Gasteiger partial charge in [-0.15, -0.1) is 0 Å². The fraction of sp³-hybridized carbons (Fsp3) is 0.263. The van der Waals surface area contributed by atoms with Gasteiger partial charge in [0.05, 0.1) is 5.56 Å². The molecule has 0 unspecified atom stereocenters. The number of Topliss-reactive ketones (excluding diaryl/α,β-unsaturated/α-hetero) is 1. The van der Waals surface area contributed by atoms with Crippen LogP contribution in [0.25, 0.3) is 0 Å². The second kappa shape index (κ2) is 6.53. The van der Waals surface area contributed by atoms with Crippen LogP contribution in [-0.4, -0.2) is 5.78 Å². The molecule has 0 aliphatic heterocycles. The first-order valence-electron chi connectivity index (χ1n) is 7.40. The predicted molar refractivity (Wildman–Crippen MR) is 90.2 cm³/mol.